The molecule has 0 N–H and O–H groups in total. The van der Waals surface area contributed by atoms with Crippen molar-refractivity contribution < 1.29 is 0 Å². The Morgan fingerprint density at radius 2 is 2.21 bits per heavy atom. The molecule has 0 bridgehead atoms. The molecule has 0 aliphatic carbocycles. The molecule has 0 amide bonds. The first-order valence-electron chi connectivity index (χ1n) is 6.04. The lowest BCUT2D eigenvalue weighted by molar-refractivity contribution is 0.728. The van der Waals surface area contributed by atoms with E-state index in [9.17, 15) is 0 Å². The molecule has 3 aromatic rings. The summed E-state index contributed by atoms with van der Waals surface area (Å²) in [5.74, 6) is 1.20. The Kier molecular flexibility index (Phi) is 2.98. The summed E-state index contributed by atoms with van der Waals surface area (Å²) < 4.78 is 3.91. The second-order valence-electron chi connectivity index (χ2n) is 4.47. The molecule has 98 valence electrons. The molecule has 0 aliphatic heterocycles. The maximum absolute atomic E-state index is 5.98. The van der Waals surface area contributed by atoms with E-state index in [2.05, 4.69) is 22.0 Å². The van der Waals surface area contributed by atoms with E-state index in [-0.39, 0.29) is 0 Å². The number of hydrogen-bond donors (Lipinski definition) is 0. The minimum absolute atomic E-state index is 0.371. The van der Waals surface area contributed by atoms with Gasteiger partial charge in [0.15, 0.2) is 5.65 Å². The average Bonchev–Trinajstić information content (AvgIpc) is 2.94. The summed E-state index contributed by atoms with van der Waals surface area (Å²) in [6.45, 7) is 2.74. The number of aryl methyl sites for hydroxylation is 1. The van der Waals surface area contributed by atoms with Crippen LogP contribution in [-0.4, -0.2) is 24.3 Å². The van der Waals surface area contributed by atoms with Gasteiger partial charge in [-0.1, -0.05) is 0 Å². The molecule has 0 saturated carbocycles. The van der Waals surface area contributed by atoms with E-state index in [0.29, 0.717) is 12.4 Å². The van der Waals surface area contributed by atoms with E-state index in [1.807, 2.05) is 34.6 Å². The fraction of sp³-hybridized carbons (Fsp3) is 0.308. The SMILES string of the molecule is Cc1c(Cn2c(CCl)nc3cccnc32)cnn1C. The molecule has 0 spiro atoms. The third kappa shape index (κ3) is 2.00. The smallest absolute Gasteiger partial charge is 0.160 e. The van der Waals surface area contributed by atoms with Crippen LogP contribution in [0.3, 0.4) is 0 Å². The lowest BCUT2D eigenvalue weighted by Gasteiger charge is -2.06. The summed E-state index contributed by atoms with van der Waals surface area (Å²) in [7, 11) is 1.94. The van der Waals surface area contributed by atoms with Crippen LogP contribution in [-0.2, 0) is 19.5 Å². The monoisotopic (exact) mass is 275 g/mol. The summed E-state index contributed by atoms with van der Waals surface area (Å²) in [6, 6.07) is 3.83. The number of nitrogens with zero attached hydrogens (tertiary/aromatic N) is 5. The van der Waals surface area contributed by atoms with E-state index >= 15 is 0 Å². The van der Waals surface area contributed by atoms with Crippen LogP contribution < -0.4 is 0 Å². The number of imidazole rings is 1. The van der Waals surface area contributed by atoms with Crippen LogP contribution in [0.25, 0.3) is 11.2 Å². The van der Waals surface area contributed by atoms with Crippen molar-refractivity contribution >= 4 is 22.8 Å². The van der Waals surface area contributed by atoms with Gasteiger partial charge in [-0.05, 0) is 19.1 Å². The zero-order valence-electron chi connectivity index (χ0n) is 10.8. The number of halogens is 1. The zero-order valence-corrected chi connectivity index (χ0v) is 11.6. The van der Waals surface area contributed by atoms with Crippen molar-refractivity contribution in [2.75, 3.05) is 0 Å². The van der Waals surface area contributed by atoms with Gasteiger partial charge in [-0.25, -0.2) is 9.97 Å². The number of aromatic nitrogens is 5. The highest BCUT2D eigenvalue weighted by atomic mass is 35.5. The molecule has 19 heavy (non-hydrogen) atoms. The van der Waals surface area contributed by atoms with Crippen molar-refractivity contribution in [3.8, 4) is 0 Å². The minimum atomic E-state index is 0.371. The van der Waals surface area contributed by atoms with Crippen LogP contribution in [0.1, 0.15) is 17.1 Å². The number of rotatable bonds is 3. The molecule has 0 saturated heterocycles. The topological polar surface area (TPSA) is 48.5 Å². The van der Waals surface area contributed by atoms with Gasteiger partial charge in [0.05, 0.1) is 18.6 Å². The first kappa shape index (κ1) is 12.2. The van der Waals surface area contributed by atoms with Gasteiger partial charge < -0.3 is 4.57 Å². The van der Waals surface area contributed by atoms with Gasteiger partial charge in [-0.3, -0.25) is 4.68 Å². The van der Waals surface area contributed by atoms with Crippen LogP contribution in [0.2, 0.25) is 0 Å². The molecule has 0 radical (unpaired) electrons. The molecule has 0 aromatic carbocycles. The van der Waals surface area contributed by atoms with Crippen LogP contribution in [0, 0.1) is 6.92 Å². The summed E-state index contributed by atoms with van der Waals surface area (Å²) in [6.07, 6.45) is 3.65. The molecule has 0 fully saturated rings. The van der Waals surface area contributed by atoms with Crippen molar-refractivity contribution in [3.63, 3.8) is 0 Å². The van der Waals surface area contributed by atoms with Gasteiger partial charge in [0.2, 0.25) is 0 Å². The van der Waals surface area contributed by atoms with Gasteiger partial charge in [0.1, 0.15) is 11.3 Å². The van der Waals surface area contributed by atoms with Crippen LogP contribution in [0.15, 0.2) is 24.5 Å². The molecular weight excluding hydrogens is 262 g/mol. The summed E-state index contributed by atoms with van der Waals surface area (Å²) >= 11 is 5.98. The fourth-order valence-corrected chi connectivity index (χ4v) is 2.35. The minimum Gasteiger partial charge on any atom is -0.307 e. The molecule has 0 unspecified atom stereocenters. The lowest BCUT2D eigenvalue weighted by atomic mass is 10.2. The number of hydrogen-bond acceptors (Lipinski definition) is 3. The summed E-state index contributed by atoms with van der Waals surface area (Å²) in [5, 5.41) is 4.26. The second-order valence-corrected chi connectivity index (χ2v) is 4.74. The molecule has 3 rings (SSSR count). The molecule has 3 heterocycles. The van der Waals surface area contributed by atoms with Gasteiger partial charge in [0.25, 0.3) is 0 Å². The van der Waals surface area contributed by atoms with Crippen LogP contribution in [0.4, 0.5) is 0 Å². The Morgan fingerprint density at radius 1 is 1.37 bits per heavy atom. The molecule has 5 nitrogen and oxygen atoms in total. The quantitative estimate of drug-likeness (QED) is 0.689. The third-order valence-electron chi connectivity index (χ3n) is 3.37. The Hall–Kier alpha value is -1.88. The predicted octanol–water partition coefficient (Wildman–Crippen LogP) is 2.26. The third-order valence-corrected chi connectivity index (χ3v) is 3.61. The number of pyridine rings is 1. The van der Waals surface area contributed by atoms with Crippen LogP contribution >= 0.6 is 11.6 Å². The van der Waals surface area contributed by atoms with E-state index in [1.54, 1.807) is 6.20 Å². The number of alkyl halides is 1. The Morgan fingerprint density at radius 3 is 2.89 bits per heavy atom. The van der Waals surface area contributed by atoms with Gasteiger partial charge in [0, 0.05) is 24.5 Å². The Balaban J connectivity index is 2.11. The Labute approximate surface area is 115 Å². The highest BCUT2D eigenvalue weighted by Gasteiger charge is 2.13. The van der Waals surface area contributed by atoms with Crippen molar-refractivity contribution in [3.05, 3.63) is 41.6 Å². The molecule has 0 aliphatic rings. The lowest BCUT2D eigenvalue weighted by Crippen LogP contribution is -2.05. The zero-order chi connectivity index (χ0) is 13.4. The van der Waals surface area contributed by atoms with Crippen molar-refractivity contribution in [1.29, 1.82) is 0 Å². The Bertz CT molecular complexity index is 728. The van der Waals surface area contributed by atoms with E-state index in [1.165, 1.54) is 0 Å². The maximum Gasteiger partial charge on any atom is 0.160 e. The summed E-state index contributed by atoms with van der Waals surface area (Å²) in [4.78, 5) is 8.90. The standard InChI is InChI=1S/C13H14ClN5/c1-9-10(7-16-18(9)2)8-19-12(6-14)17-11-4-3-5-15-13(11)19/h3-5,7H,6,8H2,1-2H3. The van der Waals surface area contributed by atoms with Crippen LogP contribution in [0.5, 0.6) is 0 Å². The van der Waals surface area contributed by atoms with Gasteiger partial charge in [-0.2, -0.15) is 5.10 Å². The average molecular weight is 276 g/mol. The van der Waals surface area contributed by atoms with Gasteiger partial charge in [-0.15, -0.1) is 11.6 Å². The fourth-order valence-electron chi connectivity index (χ4n) is 2.14. The van der Waals surface area contributed by atoms with Crippen molar-refractivity contribution in [2.45, 2.75) is 19.3 Å². The first-order valence-corrected chi connectivity index (χ1v) is 6.57. The van der Waals surface area contributed by atoms with E-state index < -0.39 is 0 Å². The second kappa shape index (κ2) is 4.66. The van der Waals surface area contributed by atoms with E-state index in [4.69, 9.17) is 11.6 Å². The summed E-state index contributed by atoms with van der Waals surface area (Å²) in [5.41, 5.74) is 4.03. The molecule has 0 atom stereocenters. The molecular formula is C13H14ClN5. The van der Waals surface area contributed by atoms with E-state index in [0.717, 1.165) is 28.2 Å². The molecule has 3 aromatic heterocycles. The maximum atomic E-state index is 5.98. The van der Waals surface area contributed by atoms with Crippen molar-refractivity contribution in [2.24, 2.45) is 7.05 Å². The van der Waals surface area contributed by atoms with Gasteiger partial charge >= 0.3 is 0 Å². The first-order chi connectivity index (χ1) is 9.20. The van der Waals surface area contributed by atoms with Crippen molar-refractivity contribution in [1.82, 2.24) is 24.3 Å². The highest BCUT2D eigenvalue weighted by molar-refractivity contribution is 6.16. The predicted molar refractivity (Wildman–Crippen MR) is 74.1 cm³/mol. The largest absolute Gasteiger partial charge is 0.307 e. The molecule has 6 heteroatoms. The normalized spacial score (nSPS) is 11.3. The number of fused-ring (bicyclic) bond motifs is 1. The highest BCUT2D eigenvalue weighted by Crippen LogP contribution is 2.18.